The van der Waals surface area contributed by atoms with Crippen LogP contribution in [-0.4, -0.2) is 62.7 Å². The zero-order valence-electron chi connectivity index (χ0n) is 16.8. The maximum Gasteiger partial charge on any atom is 0.243 e. The Labute approximate surface area is 170 Å². The average molecular weight is 401 g/mol. The third-order valence-corrected chi connectivity index (χ3v) is 6.51. The number of rotatable bonds is 8. The van der Waals surface area contributed by atoms with Gasteiger partial charge in [-0.15, -0.1) is 0 Å². The van der Waals surface area contributed by atoms with Crippen molar-refractivity contribution in [2.75, 3.05) is 45.7 Å². The van der Waals surface area contributed by atoms with Gasteiger partial charge in [-0.3, -0.25) is 4.79 Å². The predicted octanol–water partition coefficient (Wildman–Crippen LogP) is 2.64. The van der Waals surface area contributed by atoms with Gasteiger partial charge in [0.15, 0.2) is 0 Å². The summed E-state index contributed by atoms with van der Waals surface area (Å²) < 4.78 is 5.35. The largest absolute Gasteiger partial charge is 0.497 e. The lowest BCUT2D eigenvalue weighted by atomic mass is 10.2. The molecule has 1 aromatic heterocycles. The Bertz CT molecular complexity index is 847. The smallest absolute Gasteiger partial charge is 0.243 e. The molecule has 1 atom stereocenters. The van der Waals surface area contributed by atoms with Gasteiger partial charge in [-0.25, -0.2) is 4.98 Å². The van der Waals surface area contributed by atoms with E-state index in [1.54, 1.807) is 18.4 Å². The normalized spacial score (nSPS) is 18.4. The standard InChI is InChI=1S/C21H28N4O2S/c1-24(2)10-9-22-19(26)18-12-17-21(25(18)13-14-7-8-14)28-20(23-17)15-5-4-6-16(11-15)27-3/h4-6,11,14,18H,7-10,12-13H2,1-3H3,(H,22,26)/t18-/m1/s1. The van der Waals surface area contributed by atoms with E-state index in [4.69, 9.17) is 9.72 Å². The minimum atomic E-state index is -0.129. The summed E-state index contributed by atoms with van der Waals surface area (Å²) in [4.78, 5) is 22.1. The Morgan fingerprint density at radius 1 is 1.39 bits per heavy atom. The summed E-state index contributed by atoms with van der Waals surface area (Å²) in [7, 11) is 5.71. The first kappa shape index (κ1) is 19.2. The Morgan fingerprint density at radius 2 is 2.21 bits per heavy atom. The quantitative estimate of drug-likeness (QED) is 0.738. The molecule has 2 heterocycles. The van der Waals surface area contributed by atoms with Crippen LogP contribution in [-0.2, 0) is 11.2 Å². The monoisotopic (exact) mass is 400 g/mol. The number of carbonyl (C=O) groups is 1. The molecule has 28 heavy (non-hydrogen) atoms. The van der Waals surface area contributed by atoms with Gasteiger partial charge in [-0.2, -0.15) is 0 Å². The van der Waals surface area contributed by atoms with Gasteiger partial charge < -0.3 is 19.9 Å². The van der Waals surface area contributed by atoms with Crippen LogP contribution in [0.15, 0.2) is 24.3 Å². The fraction of sp³-hybridized carbons (Fsp3) is 0.524. The van der Waals surface area contributed by atoms with E-state index >= 15 is 0 Å². The number of nitrogens with one attached hydrogen (secondary N) is 1. The molecule has 0 unspecified atom stereocenters. The third-order valence-electron chi connectivity index (χ3n) is 5.33. The van der Waals surface area contributed by atoms with E-state index in [-0.39, 0.29) is 11.9 Å². The van der Waals surface area contributed by atoms with Gasteiger partial charge in [0.05, 0.1) is 12.8 Å². The highest BCUT2D eigenvalue weighted by Crippen LogP contribution is 2.44. The molecule has 150 valence electrons. The van der Waals surface area contributed by atoms with Crippen LogP contribution in [0.2, 0.25) is 0 Å². The first-order chi connectivity index (χ1) is 13.5. The van der Waals surface area contributed by atoms with Crippen molar-refractivity contribution in [2.45, 2.75) is 25.3 Å². The highest BCUT2D eigenvalue weighted by Gasteiger charge is 2.40. The highest BCUT2D eigenvalue weighted by atomic mass is 32.1. The molecule has 0 spiro atoms. The molecule has 1 fully saturated rings. The van der Waals surface area contributed by atoms with Crippen molar-refractivity contribution >= 4 is 22.2 Å². The maximum atomic E-state index is 12.8. The van der Waals surface area contributed by atoms with Crippen molar-refractivity contribution in [2.24, 2.45) is 5.92 Å². The Balaban J connectivity index is 1.53. The van der Waals surface area contributed by atoms with Crippen LogP contribution >= 0.6 is 11.3 Å². The molecule has 2 aromatic rings. The molecule has 0 bridgehead atoms. The van der Waals surface area contributed by atoms with Crippen LogP contribution < -0.4 is 15.0 Å². The van der Waals surface area contributed by atoms with Crippen LogP contribution in [0.3, 0.4) is 0 Å². The first-order valence-corrected chi connectivity index (χ1v) is 10.7. The zero-order chi connectivity index (χ0) is 19.7. The van der Waals surface area contributed by atoms with Crippen molar-refractivity contribution in [1.29, 1.82) is 0 Å². The van der Waals surface area contributed by atoms with Gasteiger partial charge in [0, 0.05) is 31.6 Å². The lowest BCUT2D eigenvalue weighted by molar-refractivity contribution is -0.122. The number of benzene rings is 1. The van der Waals surface area contributed by atoms with Crippen molar-refractivity contribution in [3.8, 4) is 16.3 Å². The molecular weight excluding hydrogens is 372 g/mol. The van der Waals surface area contributed by atoms with E-state index in [0.29, 0.717) is 18.9 Å². The number of fused-ring (bicyclic) bond motifs is 1. The SMILES string of the molecule is COc1cccc(-c2nc3c(s2)N(CC2CC2)[C@@H](C(=O)NCCN(C)C)C3)c1. The molecule has 1 aliphatic carbocycles. The number of carbonyl (C=O) groups excluding carboxylic acids is 1. The fourth-order valence-corrected chi connectivity index (χ4v) is 4.71. The number of amides is 1. The van der Waals surface area contributed by atoms with Crippen molar-refractivity contribution in [1.82, 2.24) is 15.2 Å². The molecule has 7 heteroatoms. The first-order valence-electron chi connectivity index (χ1n) is 9.88. The molecule has 1 aliphatic heterocycles. The maximum absolute atomic E-state index is 12.8. The Morgan fingerprint density at radius 3 is 2.93 bits per heavy atom. The molecular formula is C21H28N4O2S. The van der Waals surface area contributed by atoms with E-state index < -0.39 is 0 Å². The number of hydrogen-bond donors (Lipinski definition) is 1. The molecule has 0 saturated heterocycles. The number of thiazole rings is 1. The van der Waals surface area contributed by atoms with Crippen LogP contribution in [0.5, 0.6) is 5.75 Å². The van der Waals surface area contributed by atoms with Gasteiger partial charge in [0.2, 0.25) is 5.91 Å². The topological polar surface area (TPSA) is 57.7 Å². The molecule has 0 radical (unpaired) electrons. The second kappa shape index (κ2) is 8.09. The minimum Gasteiger partial charge on any atom is -0.497 e. The molecule has 6 nitrogen and oxygen atoms in total. The Hall–Kier alpha value is -2.12. The number of nitrogens with zero attached hydrogens (tertiary/aromatic N) is 3. The van der Waals surface area contributed by atoms with Crippen LogP contribution in [0, 0.1) is 5.92 Å². The molecule has 2 aliphatic rings. The van der Waals surface area contributed by atoms with E-state index in [1.165, 1.54) is 12.8 Å². The van der Waals surface area contributed by atoms with Gasteiger partial charge in [0.1, 0.15) is 21.8 Å². The van der Waals surface area contributed by atoms with Gasteiger partial charge in [-0.1, -0.05) is 23.5 Å². The predicted molar refractivity (Wildman–Crippen MR) is 113 cm³/mol. The Kier molecular flexibility index (Phi) is 5.55. The highest BCUT2D eigenvalue weighted by molar-refractivity contribution is 7.19. The van der Waals surface area contributed by atoms with Gasteiger partial charge >= 0.3 is 0 Å². The lowest BCUT2D eigenvalue weighted by Crippen LogP contribution is -2.47. The summed E-state index contributed by atoms with van der Waals surface area (Å²) in [5.74, 6) is 1.67. The van der Waals surface area contributed by atoms with Crippen molar-refractivity contribution in [3.63, 3.8) is 0 Å². The van der Waals surface area contributed by atoms with E-state index in [2.05, 4.69) is 21.2 Å². The second-order valence-electron chi connectivity index (χ2n) is 7.91. The summed E-state index contributed by atoms with van der Waals surface area (Å²) in [5, 5.41) is 5.26. The second-order valence-corrected chi connectivity index (χ2v) is 8.89. The van der Waals surface area contributed by atoms with Crippen molar-refractivity contribution in [3.05, 3.63) is 30.0 Å². The van der Waals surface area contributed by atoms with Crippen LogP contribution in [0.4, 0.5) is 5.00 Å². The number of anilines is 1. The summed E-state index contributed by atoms with van der Waals surface area (Å²) >= 11 is 1.69. The van der Waals surface area contributed by atoms with Crippen molar-refractivity contribution < 1.29 is 9.53 Å². The fourth-order valence-electron chi connectivity index (χ4n) is 3.56. The van der Waals surface area contributed by atoms with E-state index in [0.717, 1.165) is 40.1 Å². The van der Waals surface area contributed by atoms with E-state index in [9.17, 15) is 4.79 Å². The molecule has 1 aromatic carbocycles. The third kappa shape index (κ3) is 4.15. The average Bonchev–Trinajstić information content (AvgIpc) is 3.30. The number of likely N-dealkylation sites (N-methyl/N-ethyl adjacent to an activating group) is 1. The molecule has 4 rings (SSSR count). The summed E-state index contributed by atoms with van der Waals surface area (Å²) in [5.41, 5.74) is 2.12. The zero-order valence-corrected chi connectivity index (χ0v) is 17.6. The molecule has 1 saturated carbocycles. The number of aromatic nitrogens is 1. The van der Waals surface area contributed by atoms with Crippen LogP contribution in [0.1, 0.15) is 18.5 Å². The summed E-state index contributed by atoms with van der Waals surface area (Å²) in [6, 6.07) is 7.88. The molecule has 1 amide bonds. The number of ether oxygens (including phenoxy) is 1. The van der Waals surface area contributed by atoms with E-state index in [1.807, 2.05) is 32.3 Å². The summed E-state index contributed by atoms with van der Waals surface area (Å²) in [6.45, 7) is 2.48. The van der Waals surface area contributed by atoms with Gasteiger partial charge in [0.25, 0.3) is 0 Å². The minimum absolute atomic E-state index is 0.121. The summed E-state index contributed by atoms with van der Waals surface area (Å²) in [6.07, 6.45) is 3.22. The van der Waals surface area contributed by atoms with Gasteiger partial charge in [-0.05, 0) is 45.0 Å². The number of methoxy groups -OCH3 is 1. The lowest BCUT2D eigenvalue weighted by Gasteiger charge is -2.26. The number of hydrogen-bond acceptors (Lipinski definition) is 6. The molecule has 1 N–H and O–H groups in total. The van der Waals surface area contributed by atoms with Crippen LogP contribution in [0.25, 0.3) is 10.6 Å².